The van der Waals surface area contributed by atoms with E-state index < -0.39 is 39.8 Å². The van der Waals surface area contributed by atoms with Crippen LogP contribution in [0.2, 0.25) is 0 Å². The fraction of sp³-hybridized carbons (Fsp3) is 0.333. The molecule has 3 amide bonds. The summed E-state index contributed by atoms with van der Waals surface area (Å²) in [7, 11) is -3.74. The molecule has 5 N–H and O–H groups in total. The largest absolute Gasteiger partial charge is 0.370 e. The minimum Gasteiger partial charge on any atom is -0.370 e. The normalized spacial score (nSPS) is 12.7. The van der Waals surface area contributed by atoms with Gasteiger partial charge in [0.15, 0.2) is 0 Å². The van der Waals surface area contributed by atoms with Crippen LogP contribution < -0.4 is 21.1 Å². The van der Waals surface area contributed by atoms with Gasteiger partial charge in [0.1, 0.15) is 12.1 Å². The van der Waals surface area contributed by atoms with Crippen LogP contribution in [-0.4, -0.2) is 44.0 Å². The van der Waals surface area contributed by atoms with Gasteiger partial charge in [0.05, 0.1) is 17.4 Å². The smallest absolute Gasteiger partial charge is 0.242 e. The molecule has 0 bridgehead atoms. The highest BCUT2D eigenvalue weighted by atomic mass is 79.9. The highest BCUT2D eigenvalue weighted by molar-refractivity contribution is 9.10. The molecular weight excluding hydrogens is 550 g/mol. The van der Waals surface area contributed by atoms with E-state index in [1.54, 1.807) is 48.5 Å². The Morgan fingerprint density at radius 2 is 1.61 bits per heavy atom. The second kappa shape index (κ2) is 13.7. The number of hydrogen-bond donors (Lipinski definition) is 4. The molecule has 2 aromatic carbocycles. The Balaban J connectivity index is 2.17. The molecule has 0 aromatic heterocycles. The molecule has 0 aliphatic rings. The van der Waals surface area contributed by atoms with Gasteiger partial charge in [-0.05, 0) is 55.2 Å². The maximum atomic E-state index is 13.1. The summed E-state index contributed by atoms with van der Waals surface area (Å²) in [4.78, 5) is 37.3. The molecule has 0 aliphatic heterocycles. The second-order valence-electron chi connectivity index (χ2n) is 8.00. The number of nitriles is 1. The van der Waals surface area contributed by atoms with E-state index in [1.165, 1.54) is 6.92 Å². The quantitative estimate of drug-likeness (QED) is 0.279. The average molecular weight is 578 g/mol. The van der Waals surface area contributed by atoms with Crippen molar-refractivity contribution in [3.05, 3.63) is 69.7 Å². The number of halogens is 1. The van der Waals surface area contributed by atoms with Crippen LogP contribution >= 0.6 is 15.9 Å². The monoisotopic (exact) mass is 577 g/mol. The van der Waals surface area contributed by atoms with Crippen molar-refractivity contribution in [1.82, 2.24) is 15.4 Å². The number of nitrogens with two attached hydrogens (primary N) is 1. The Bertz CT molecular complexity index is 1210. The van der Waals surface area contributed by atoms with E-state index >= 15 is 0 Å². The molecule has 0 spiro atoms. The highest BCUT2D eigenvalue weighted by Crippen LogP contribution is 2.13. The van der Waals surface area contributed by atoms with Crippen molar-refractivity contribution in [2.75, 3.05) is 5.75 Å². The Hall–Kier alpha value is -3.27. The summed E-state index contributed by atoms with van der Waals surface area (Å²) >= 11 is 3.33. The van der Waals surface area contributed by atoms with Crippen LogP contribution in [0, 0.1) is 11.3 Å². The molecule has 0 aliphatic carbocycles. The predicted molar refractivity (Wildman–Crippen MR) is 138 cm³/mol. The molecule has 36 heavy (non-hydrogen) atoms. The van der Waals surface area contributed by atoms with Gasteiger partial charge in [0, 0.05) is 17.4 Å². The van der Waals surface area contributed by atoms with Crippen molar-refractivity contribution in [3.63, 3.8) is 0 Å². The number of nitrogens with one attached hydrogen (secondary N) is 3. The summed E-state index contributed by atoms with van der Waals surface area (Å²) in [5.74, 6) is -2.15. The van der Waals surface area contributed by atoms with Gasteiger partial charge in [0.2, 0.25) is 27.7 Å². The molecule has 12 heteroatoms. The van der Waals surface area contributed by atoms with Crippen molar-refractivity contribution < 1.29 is 22.8 Å². The first-order chi connectivity index (χ1) is 17.0. The molecule has 2 unspecified atom stereocenters. The molecule has 2 rings (SSSR count). The zero-order chi connectivity index (χ0) is 26.7. The Morgan fingerprint density at radius 3 is 2.17 bits per heavy atom. The van der Waals surface area contributed by atoms with E-state index in [-0.39, 0.29) is 31.6 Å². The van der Waals surface area contributed by atoms with Gasteiger partial charge in [-0.1, -0.05) is 40.2 Å². The number of carbonyl (C=O) groups is 3. The first kappa shape index (κ1) is 29.0. The Kier molecular flexibility index (Phi) is 11.0. The van der Waals surface area contributed by atoms with E-state index in [0.29, 0.717) is 11.1 Å². The van der Waals surface area contributed by atoms with Gasteiger partial charge in [0.25, 0.3) is 0 Å². The van der Waals surface area contributed by atoms with Crippen molar-refractivity contribution >= 4 is 43.7 Å². The number of nitrogens with zero attached hydrogens (tertiary/aromatic N) is 1. The summed E-state index contributed by atoms with van der Waals surface area (Å²) in [5, 5.41) is 14.2. The average Bonchev–Trinajstić information content (AvgIpc) is 2.85. The van der Waals surface area contributed by atoms with Crippen LogP contribution in [0.4, 0.5) is 0 Å². The third kappa shape index (κ3) is 9.77. The molecule has 192 valence electrons. The van der Waals surface area contributed by atoms with E-state index in [4.69, 9.17) is 11.0 Å². The maximum Gasteiger partial charge on any atom is 0.242 e. The van der Waals surface area contributed by atoms with E-state index in [2.05, 4.69) is 31.3 Å². The topological polar surface area (TPSA) is 171 Å². The van der Waals surface area contributed by atoms with Crippen molar-refractivity contribution in [2.24, 2.45) is 5.73 Å². The standard InChI is InChI=1S/C24H28BrN5O5S/c1-2-36(34,35)30-21(13-16-7-9-19(25)10-8-16)24(33)29-20(11-12-22(27)31)23(32)28-15-18-5-3-17(14-26)4-6-18/h3-10,20-21,30H,2,11-13,15H2,1H3,(H2,27,31)(H,28,32)(H,29,33). The van der Waals surface area contributed by atoms with Gasteiger partial charge >= 0.3 is 0 Å². The van der Waals surface area contributed by atoms with Crippen molar-refractivity contribution in [3.8, 4) is 6.07 Å². The number of sulfonamides is 1. The zero-order valence-corrected chi connectivity index (χ0v) is 22.1. The lowest BCUT2D eigenvalue weighted by molar-refractivity contribution is -0.130. The third-order valence-electron chi connectivity index (χ3n) is 5.23. The van der Waals surface area contributed by atoms with Gasteiger partial charge < -0.3 is 16.4 Å². The minimum absolute atomic E-state index is 0.0493. The van der Waals surface area contributed by atoms with E-state index in [9.17, 15) is 22.8 Å². The van der Waals surface area contributed by atoms with Crippen LogP contribution in [0.1, 0.15) is 36.5 Å². The molecular formula is C24H28BrN5O5S. The molecule has 10 nitrogen and oxygen atoms in total. The number of carbonyl (C=O) groups excluding carboxylic acids is 3. The highest BCUT2D eigenvalue weighted by Gasteiger charge is 2.28. The lowest BCUT2D eigenvalue weighted by Crippen LogP contribution is -2.54. The summed E-state index contributed by atoms with van der Waals surface area (Å²) in [6, 6.07) is 13.3. The van der Waals surface area contributed by atoms with E-state index in [0.717, 1.165) is 10.0 Å². The summed E-state index contributed by atoms with van der Waals surface area (Å²) < 4.78 is 27.7. The fourth-order valence-corrected chi connectivity index (χ4v) is 4.24. The first-order valence-corrected chi connectivity index (χ1v) is 13.6. The zero-order valence-electron chi connectivity index (χ0n) is 19.7. The minimum atomic E-state index is -3.74. The summed E-state index contributed by atoms with van der Waals surface area (Å²) in [6.07, 6.45) is -0.174. The van der Waals surface area contributed by atoms with Crippen molar-refractivity contribution in [2.45, 2.75) is 44.8 Å². The van der Waals surface area contributed by atoms with Crippen LogP contribution in [0.3, 0.4) is 0 Å². The Morgan fingerprint density at radius 1 is 1.00 bits per heavy atom. The van der Waals surface area contributed by atoms with Gasteiger partial charge in [-0.25, -0.2) is 13.1 Å². The fourth-order valence-electron chi connectivity index (χ4n) is 3.18. The number of hydrogen-bond acceptors (Lipinski definition) is 6. The lowest BCUT2D eigenvalue weighted by Gasteiger charge is -2.23. The molecule has 0 radical (unpaired) electrons. The molecule has 2 atom stereocenters. The predicted octanol–water partition coefficient (Wildman–Crippen LogP) is 1.24. The Labute approximate surface area is 218 Å². The number of rotatable bonds is 13. The summed E-state index contributed by atoms with van der Waals surface area (Å²) in [5.41, 5.74) is 7.14. The lowest BCUT2D eigenvalue weighted by atomic mass is 10.0. The number of primary amides is 1. The van der Waals surface area contributed by atoms with E-state index in [1.807, 2.05) is 6.07 Å². The summed E-state index contributed by atoms with van der Waals surface area (Å²) in [6.45, 7) is 1.57. The number of amides is 3. The molecule has 0 fully saturated rings. The SMILES string of the molecule is CCS(=O)(=O)NC(Cc1ccc(Br)cc1)C(=O)NC(CCC(N)=O)C(=O)NCc1ccc(C#N)cc1. The maximum absolute atomic E-state index is 13.1. The molecule has 0 heterocycles. The van der Waals surface area contributed by atoms with Gasteiger partial charge in [-0.3, -0.25) is 14.4 Å². The number of benzene rings is 2. The first-order valence-electron chi connectivity index (χ1n) is 11.1. The van der Waals surface area contributed by atoms with Gasteiger partial charge in [-0.2, -0.15) is 5.26 Å². The molecule has 0 saturated heterocycles. The van der Waals surface area contributed by atoms with Crippen LogP contribution in [0.15, 0.2) is 53.0 Å². The second-order valence-corrected chi connectivity index (χ2v) is 11.0. The third-order valence-corrected chi connectivity index (χ3v) is 7.17. The van der Waals surface area contributed by atoms with Crippen molar-refractivity contribution in [1.29, 1.82) is 5.26 Å². The van der Waals surface area contributed by atoms with Crippen LogP contribution in [0.5, 0.6) is 0 Å². The molecule has 2 aromatic rings. The van der Waals surface area contributed by atoms with Crippen LogP contribution in [-0.2, 0) is 37.4 Å². The van der Waals surface area contributed by atoms with Gasteiger partial charge in [-0.15, -0.1) is 0 Å². The van der Waals surface area contributed by atoms with Crippen LogP contribution in [0.25, 0.3) is 0 Å². The molecule has 0 saturated carbocycles.